The number of carbonyl (C=O) groups is 2. The van der Waals surface area contributed by atoms with Crippen LogP contribution in [0.3, 0.4) is 0 Å². The zero-order valence-corrected chi connectivity index (χ0v) is 21.2. The van der Waals surface area contributed by atoms with Gasteiger partial charge in [-0.1, -0.05) is 25.5 Å². The predicted molar refractivity (Wildman–Crippen MR) is 132 cm³/mol. The number of tetrazole rings is 1. The molecule has 0 aliphatic rings. The summed E-state index contributed by atoms with van der Waals surface area (Å²) < 4.78 is 11.4. The third kappa shape index (κ3) is 6.68. The van der Waals surface area contributed by atoms with E-state index in [1.54, 1.807) is 24.3 Å². The molecule has 2 amide bonds. The Morgan fingerprint density at radius 2 is 1.91 bits per heavy atom. The summed E-state index contributed by atoms with van der Waals surface area (Å²) in [5.41, 5.74) is 0.0599. The fourth-order valence-corrected chi connectivity index (χ4v) is 3.67. The lowest BCUT2D eigenvalue weighted by Gasteiger charge is -2.34. The van der Waals surface area contributed by atoms with Crippen molar-refractivity contribution in [3.05, 3.63) is 42.2 Å². The molecule has 0 bridgehead atoms. The van der Waals surface area contributed by atoms with Gasteiger partial charge in [-0.05, 0) is 70.5 Å². The van der Waals surface area contributed by atoms with Crippen molar-refractivity contribution in [2.45, 2.75) is 72.5 Å². The molecule has 3 rings (SSSR count). The standard InChI is InChI=1S/C25H34N6O4/c1-7-11-19(24(33)26-25(4,5)6)31(18-12-9-10-13-20(18)34-8-2)22(32)16-30-28-23(27-29-30)21-15-14-17(3)35-21/h9-10,12-15,19H,7-8,11,16H2,1-6H3,(H,26,33)/t19-/m0/s1. The highest BCUT2D eigenvalue weighted by Crippen LogP contribution is 2.31. The normalized spacial score (nSPS) is 12.3. The minimum Gasteiger partial charge on any atom is -0.492 e. The molecule has 0 aliphatic heterocycles. The van der Waals surface area contributed by atoms with Crippen LogP contribution in [0.5, 0.6) is 5.75 Å². The number of aromatic nitrogens is 4. The van der Waals surface area contributed by atoms with Gasteiger partial charge in [0.2, 0.25) is 11.7 Å². The molecule has 1 atom stereocenters. The zero-order valence-electron chi connectivity index (χ0n) is 21.2. The Hall–Kier alpha value is -3.69. The maximum atomic E-state index is 13.7. The average molecular weight is 483 g/mol. The number of hydrogen-bond acceptors (Lipinski definition) is 7. The summed E-state index contributed by atoms with van der Waals surface area (Å²) in [5.74, 6) is 1.39. The van der Waals surface area contributed by atoms with Gasteiger partial charge >= 0.3 is 0 Å². The molecule has 35 heavy (non-hydrogen) atoms. The van der Waals surface area contributed by atoms with Crippen LogP contribution < -0.4 is 15.0 Å². The van der Waals surface area contributed by atoms with Crippen LogP contribution in [-0.2, 0) is 16.1 Å². The summed E-state index contributed by atoms with van der Waals surface area (Å²) in [6.07, 6.45) is 1.17. The highest BCUT2D eigenvalue weighted by atomic mass is 16.5. The lowest BCUT2D eigenvalue weighted by Crippen LogP contribution is -2.54. The number of amides is 2. The second-order valence-corrected chi connectivity index (χ2v) is 9.26. The molecule has 188 valence electrons. The zero-order chi connectivity index (χ0) is 25.6. The Morgan fingerprint density at radius 3 is 2.54 bits per heavy atom. The average Bonchev–Trinajstić information content (AvgIpc) is 3.42. The van der Waals surface area contributed by atoms with Crippen LogP contribution in [0.25, 0.3) is 11.6 Å². The summed E-state index contributed by atoms with van der Waals surface area (Å²) in [6, 6.07) is 10.0. The first-order valence-corrected chi connectivity index (χ1v) is 11.8. The van der Waals surface area contributed by atoms with E-state index >= 15 is 0 Å². The van der Waals surface area contributed by atoms with Crippen LogP contribution in [-0.4, -0.2) is 50.2 Å². The lowest BCUT2D eigenvalue weighted by atomic mass is 10.0. The number of ether oxygens (including phenoxy) is 1. The van der Waals surface area contributed by atoms with Gasteiger partial charge in [0.1, 0.15) is 24.1 Å². The Labute approximate surface area is 205 Å². The summed E-state index contributed by atoms with van der Waals surface area (Å²) >= 11 is 0. The number of para-hydroxylation sites is 2. The predicted octanol–water partition coefficient (Wildman–Crippen LogP) is 3.76. The fraction of sp³-hybridized carbons (Fsp3) is 0.480. The molecular weight excluding hydrogens is 448 g/mol. The smallest absolute Gasteiger partial charge is 0.251 e. The first kappa shape index (κ1) is 25.9. The number of anilines is 1. The highest BCUT2D eigenvalue weighted by molar-refractivity contribution is 6.01. The van der Waals surface area contributed by atoms with Gasteiger partial charge in [-0.15, -0.1) is 10.2 Å². The molecule has 10 nitrogen and oxygen atoms in total. The second kappa shape index (κ2) is 11.2. The van der Waals surface area contributed by atoms with E-state index in [4.69, 9.17) is 9.15 Å². The van der Waals surface area contributed by atoms with Gasteiger partial charge in [0.05, 0.1) is 12.3 Å². The van der Waals surface area contributed by atoms with E-state index in [1.165, 1.54) is 9.70 Å². The van der Waals surface area contributed by atoms with Crippen molar-refractivity contribution in [3.63, 3.8) is 0 Å². The van der Waals surface area contributed by atoms with E-state index in [0.717, 1.165) is 5.76 Å². The number of hydrogen-bond donors (Lipinski definition) is 1. The molecule has 3 aromatic rings. The minimum atomic E-state index is -0.746. The van der Waals surface area contributed by atoms with E-state index in [9.17, 15) is 9.59 Å². The third-order valence-electron chi connectivity index (χ3n) is 5.06. The SMILES string of the molecule is CCC[C@@H](C(=O)NC(C)(C)C)N(C(=O)Cn1nnc(-c2ccc(C)o2)n1)c1ccccc1OCC. The molecule has 0 saturated carbocycles. The molecule has 0 radical (unpaired) electrons. The van der Waals surface area contributed by atoms with Gasteiger partial charge in [-0.3, -0.25) is 14.5 Å². The topological polar surface area (TPSA) is 115 Å². The summed E-state index contributed by atoms with van der Waals surface area (Å²) in [4.78, 5) is 29.8. The molecule has 0 saturated heterocycles. The first-order valence-electron chi connectivity index (χ1n) is 11.8. The fourth-order valence-electron chi connectivity index (χ4n) is 3.67. The van der Waals surface area contributed by atoms with Gasteiger partial charge in [-0.2, -0.15) is 4.80 Å². The number of aryl methyl sites for hydroxylation is 1. The van der Waals surface area contributed by atoms with Gasteiger partial charge < -0.3 is 14.5 Å². The van der Waals surface area contributed by atoms with Gasteiger partial charge in [0.25, 0.3) is 5.91 Å². The highest BCUT2D eigenvalue weighted by Gasteiger charge is 2.34. The molecule has 1 aromatic carbocycles. The van der Waals surface area contributed by atoms with Gasteiger partial charge in [0.15, 0.2) is 5.76 Å². The number of nitrogens with one attached hydrogen (secondary N) is 1. The van der Waals surface area contributed by atoms with E-state index in [0.29, 0.717) is 36.6 Å². The van der Waals surface area contributed by atoms with Crippen LogP contribution in [0.1, 0.15) is 53.2 Å². The monoisotopic (exact) mass is 482 g/mol. The maximum Gasteiger partial charge on any atom is 0.251 e. The molecule has 10 heteroatoms. The van der Waals surface area contributed by atoms with E-state index in [2.05, 4.69) is 20.7 Å². The molecule has 2 aromatic heterocycles. The van der Waals surface area contributed by atoms with Crippen molar-refractivity contribution >= 4 is 17.5 Å². The lowest BCUT2D eigenvalue weighted by molar-refractivity contribution is -0.128. The molecule has 0 fully saturated rings. The largest absolute Gasteiger partial charge is 0.492 e. The van der Waals surface area contributed by atoms with E-state index in [-0.39, 0.29) is 24.2 Å². The minimum absolute atomic E-state index is 0.212. The van der Waals surface area contributed by atoms with Crippen molar-refractivity contribution in [3.8, 4) is 17.3 Å². The Bertz CT molecular complexity index is 1150. The van der Waals surface area contributed by atoms with Crippen molar-refractivity contribution < 1.29 is 18.7 Å². The molecule has 2 heterocycles. The Kier molecular flexibility index (Phi) is 8.26. The Balaban J connectivity index is 1.98. The van der Waals surface area contributed by atoms with Crippen LogP contribution in [0.2, 0.25) is 0 Å². The molecule has 1 N–H and O–H groups in total. The van der Waals surface area contributed by atoms with Crippen LogP contribution >= 0.6 is 0 Å². The molecule has 0 unspecified atom stereocenters. The molecular formula is C25H34N6O4. The third-order valence-corrected chi connectivity index (χ3v) is 5.06. The van der Waals surface area contributed by atoms with Crippen molar-refractivity contribution in [1.29, 1.82) is 0 Å². The molecule has 0 spiro atoms. The van der Waals surface area contributed by atoms with Crippen LogP contribution in [0.4, 0.5) is 5.69 Å². The van der Waals surface area contributed by atoms with Crippen molar-refractivity contribution in [2.75, 3.05) is 11.5 Å². The number of carbonyl (C=O) groups excluding carboxylic acids is 2. The number of benzene rings is 1. The summed E-state index contributed by atoms with van der Waals surface area (Å²) in [7, 11) is 0. The van der Waals surface area contributed by atoms with Gasteiger partial charge in [-0.25, -0.2) is 0 Å². The number of nitrogens with zero attached hydrogens (tertiary/aromatic N) is 5. The first-order chi connectivity index (χ1) is 16.6. The summed E-state index contributed by atoms with van der Waals surface area (Å²) in [5, 5.41) is 15.3. The van der Waals surface area contributed by atoms with E-state index in [1.807, 2.05) is 53.7 Å². The summed E-state index contributed by atoms with van der Waals surface area (Å²) in [6.45, 7) is 11.6. The van der Waals surface area contributed by atoms with Crippen LogP contribution in [0, 0.1) is 6.92 Å². The van der Waals surface area contributed by atoms with E-state index < -0.39 is 11.6 Å². The van der Waals surface area contributed by atoms with Gasteiger partial charge in [0, 0.05) is 5.54 Å². The van der Waals surface area contributed by atoms with Crippen LogP contribution in [0.15, 0.2) is 40.8 Å². The Morgan fingerprint density at radius 1 is 1.17 bits per heavy atom. The second-order valence-electron chi connectivity index (χ2n) is 9.26. The maximum absolute atomic E-state index is 13.7. The van der Waals surface area contributed by atoms with Crippen molar-refractivity contribution in [2.24, 2.45) is 0 Å². The quantitative estimate of drug-likeness (QED) is 0.468. The van der Waals surface area contributed by atoms with Crippen molar-refractivity contribution in [1.82, 2.24) is 25.5 Å². The number of furan rings is 1. The molecule has 0 aliphatic carbocycles. The number of rotatable bonds is 10.